The zero-order chi connectivity index (χ0) is 21.7. The average Bonchev–Trinajstić information content (AvgIpc) is 2.75. The molecule has 1 saturated heterocycles. The van der Waals surface area contributed by atoms with E-state index < -0.39 is 12.1 Å². The Kier molecular flexibility index (Phi) is 7.07. The highest BCUT2D eigenvalue weighted by Gasteiger charge is 2.37. The summed E-state index contributed by atoms with van der Waals surface area (Å²) in [6, 6.07) is 13.7. The molecule has 0 saturated carbocycles. The van der Waals surface area contributed by atoms with Gasteiger partial charge in [0.05, 0.1) is 19.8 Å². The first kappa shape index (κ1) is 21.8. The Labute approximate surface area is 176 Å². The number of carbonyl (C=O) groups is 2. The number of aliphatic hydroxyl groups is 1. The summed E-state index contributed by atoms with van der Waals surface area (Å²) in [6.07, 6.45) is -0.419. The number of hydrogen-bond acceptors (Lipinski definition) is 5. The molecular formula is C23H28N2O5. The van der Waals surface area contributed by atoms with E-state index >= 15 is 0 Å². The number of morpholine rings is 1. The standard InChI is InChI=1S/C23H28N2O5/c1-15(2)12-25-20(13-26)22(30-14-21(25)27)16-4-8-18(9-5-16)24-23(28)17-6-10-19(29-3)11-7-17/h4-11,15,20,22,26H,12-14H2,1-3H3,(H,24,28)/t20-,22-/m1/s1. The summed E-state index contributed by atoms with van der Waals surface area (Å²) in [6.45, 7) is 4.45. The van der Waals surface area contributed by atoms with Crippen molar-refractivity contribution in [2.45, 2.75) is 26.0 Å². The molecule has 0 bridgehead atoms. The molecule has 0 aliphatic carbocycles. The van der Waals surface area contributed by atoms with Gasteiger partial charge in [-0.05, 0) is 47.9 Å². The van der Waals surface area contributed by atoms with Gasteiger partial charge in [-0.3, -0.25) is 9.59 Å². The lowest BCUT2D eigenvalue weighted by Crippen LogP contribution is -2.53. The van der Waals surface area contributed by atoms with Gasteiger partial charge in [0, 0.05) is 17.8 Å². The molecule has 2 amide bonds. The van der Waals surface area contributed by atoms with Crippen molar-refractivity contribution in [1.29, 1.82) is 0 Å². The largest absolute Gasteiger partial charge is 0.497 e. The first-order valence-electron chi connectivity index (χ1n) is 10.00. The van der Waals surface area contributed by atoms with E-state index in [0.29, 0.717) is 23.5 Å². The second-order valence-corrected chi connectivity index (χ2v) is 7.73. The van der Waals surface area contributed by atoms with E-state index in [0.717, 1.165) is 5.56 Å². The smallest absolute Gasteiger partial charge is 0.255 e. The molecule has 2 atom stereocenters. The third-order valence-electron chi connectivity index (χ3n) is 5.05. The molecular weight excluding hydrogens is 384 g/mol. The molecule has 160 valence electrons. The lowest BCUT2D eigenvalue weighted by molar-refractivity contribution is -0.161. The Bertz CT molecular complexity index is 864. The Morgan fingerprint density at radius 2 is 1.87 bits per heavy atom. The summed E-state index contributed by atoms with van der Waals surface area (Å²) < 4.78 is 10.9. The normalized spacial score (nSPS) is 19.1. The van der Waals surface area contributed by atoms with Gasteiger partial charge in [-0.25, -0.2) is 0 Å². The quantitative estimate of drug-likeness (QED) is 0.730. The predicted octanol–water partition coefficient (Wildman–Crippen LogP) is 2.86. The number of benzene rings is 2. The van der Waals surface area contributed by atoms with Crippen molar-refractivity contribution in [2.75, 3.05) is 32.2 Å². The summed E-state index contributed by atoms with van der Waals surface area (Å²) in [5.74, 6) is 0.646. The molecule has 1 heterocycles. The van der Waals surface area contributed by atoms with E-state index in [1.54, 1.807) is 48.4 Å². The van der Waals surface area contributed by atoms with Crippen LogP contribution in [-0.4, -0.2) is 54.7 Å². The molecule has 3 rings (SSSR count). The lowest BCUT2D eigenvalue weighted by atomic mass is 9.98. The van der Waals surface area contributed by atoms with Gasteiger partial charge in [-0.1, -0.05) is 26.0 Å². The maximum absolute atomic E-state index is 12.4. The number of ether oxygens (including phenoxy) is 2. The van der Waals surface area contributed by atoms with E-state index in [1.165, 1.54) is 0 Å². The maximum atomic E-state index is 12.4. The van der Waals surface area contributed by atoms with Crippen LogP contribution in [0.1, 0.15) is 35.9 Å². The van der Waals surface area contributed by atoms with Crippen LogP contribution in [0.25, 0.3) is 0 Å². The number of hydrogen-bond donors (Lipinski definition) is 2. The number of rotatable bonds is 7. The maximum Gasteiger partial charge on any atom is 0.255 e. The topological polar surface area (TPSA) is 88.1 Å². The zero-order valence-corrected chi connectivity index (χ0v) is 17.5. The number of amides is 2. The number of anilines is 1. The lowest BCUT2D eigenvalue weighted by Gasteiger charge is -2.41. The number of nitrogens with one attached hydrogen (secondary N) is 1. The van der Waals surface area contributed by atoms with Crippen LogP contribution in [0.3, 0.4) is 0 Å². The van der Waals surface area contributed by atoms with Crippen molar-refractivity contribution in [2.24, 2.45) is 5.92 Å². The van der Waals surface area contributed by atoms with Gasteiger partial charge in [0.1, 0.15) is 18.5 Å². The van der Waals surface area contributed by atoms with Gasteiger partial charge in [0.15, 0.2) is 0 Å². The van der Waals surface area contributed by atoms with Gasteiger partial charge in [-0.15, -0.1) is 0 Å². The Hall–Kier alpha value is -2.90. The van der Waals surface area contributed by atoms with E-state index in [-0.39, 0.29) is 30.9 Å². The van der Waals surface area contributed by atoms with Crippen LogP contribution in [0.5, 0.6) is 5.75 Å². The molecule has 0 unspecified atom stereocenters. The minimum atomic E-state index is -0.437. The van der Waals surface area contributed by atoms with Crippen molar-refractivity contribution >= 4 is 17.5 Å². The molecule has 1 aliphatic heterocycles. The number of carbonyl (C=O) groups excluding carboxylic acids is 2. The van der Waals surface area contributed by atoms with E-state index in [1.807, 2.05) is 26.0 Å². The second-order valence-electron chi connectivity index (χ2n) is 7.73. The van der Waals surface area contributed by atoms with Gasteiger partial charge in [-0.2, -0.15) is 0 Å². The number of nitrogens with zero attached hydrogens (tertiary/aromatic N) is 1. The van der Waals surface area contributed by atoms with Crippen LogP contribution in [0.4, 0.5) is 5.69 Å². The summed E-state index contributed by atoms with van der Waals surface area (Å²) in [5, 5.41) is 12.8. The first-order valence-corrected chi connectivity index (χ1v) is 10.00. The van der Waals surface area contributed by atoms with Crippen LogP contribution < -0.4 is 10.1 Å². The minimum Gasteiger partial charge on any atom is -0.497 e. The van der Waals surface area contributed by atoms with E-state index in [4.69, 9.17) is 9.47 Å². The van der Waals surface area contributed by atoms with Crippen molar-refractivity contribution in [3.8, 4) is 5.75 Å². The third-order valence-corrected chi connectivity index (χ3v) is 5.05. The van der Waals surface area contributed by atoms with Gasteiger partial charge in [0.25, 0.3) is 5.91 Å². The average molecular weight is 412 g/mol. The van der Waals surface area contributed by atoms with Crippen molar-refractivity contribution in [3.05, 3.63) is 59.7 Å². The van der Waals surface area contributed by atoms with Crippen LogP contribution in [-0.2, 0) is 9.53 Å². The van der Waals surface area contributed by atoms with Crippen LogP contribution in [0.15, 0.2) is 48.5 Å². The third kappa shape index (κ3) is 4.98. The van der Waals surface area contributed by atoms with Crippen molar-refractivity contribution in [1.82, 2.24) is 4.90 Å². The number of aliphatic hydroxyl groups excluding tert-OH is 1. The summed E-state index contributed by atoms with van der Waals surface area (Å²) in [4.78, 5) is 26.4. The van der Waals surface area contributed by atoms with Crippen molar-refractivity contribution in [3.63, 3.8) is 0 Å². The first-order chi connectivity index (χ1) is 14.4. The molecule has 0 spiro atoms. The molecule has 2 aromatic carbocycles. The highest BCUT2D eigenvalue weighted by atomic mass is 16.5. The minimum absolute atomic E-state index is 0.0101. The van der Waals surface area contributed by atoms with Crippen LogP contribution in [0, 0.1) is 5.92 Å². The Morgan fingerprint density at radius 1 is 1.20 bits per heavy atom. The van der Waals surface area contributed by atoms with E-state index in [9.17, 15) is 14.7 Å². The highest BCUT2D eigenvalue weighted by Crippen LogP contribution is 2.30. The fraction of sp³-hybridized carbons (Fsp3) is 0.391. The second kappa shape index (κ2) is 9.73. The van der Waals surface area contributed by atoms with Crippen molar-refractivity contribution < 1.29 is 24.2 Å². The molecule has 30 heavy (non-hydrogen) atoms. The molecule has 7 heteroatoms. The molecule has 0 aromatic heterocycles. The van der Waals surface area contributed by atoms with E-state index in [2.05, 4.69) is 5.32 Å². The van der Waals surface area contributed by atoms with Gasteiger partial charge < -0.3 is 24.8 Å². The number of methoxy groups -OCH3 is 1. The molecule has 2 N–H and O–H groups in total. The molecule has 7 nitrogen and oxygen atoms in total. The molecule has 1 aliphatic rings. The summed E-state index contributed by atoms with van der Waals surface area (Å²) in [5.41, 5.74) is 2.02. The summed E-state index contributed by atoms with van der Waals surface area (Å²) in [7, 11) is 1.58. The fourth-order valence-corrected chi connectivity index (χ4v) is 3.55. The Morgan fingerprint density at radius 3 is 2.43 bits per heavy atom. The SMILES string of the molecule is COc1ccc(C(=O)Nc2ccc([C@H]3OCC(=O)N(CC(C)C)[C@@H]3CO)cc2)cc1. The van der Waals surface area contributed by atoms with Crippen LogP contribution >= 0.6 is 0 Å². The zero-order valence-electron chi connectivity index (χ0n) is 17.5. The van der Waals surface area contributed by atoms with Gasteiger partial charge in [0.2, 0.25) is 5.91 Å². The fourth-order valence-electron chi connectivity index (χ4n) is 3.55. The predicted molar refractivity (Wildman–Crippen MR) is 114 cm³/mol. The van der Waals surface area contributed by atoms with Gasteiger partial charge >= 0.3 is 0 Å². The van der Waals surface area contributed by atoms with Crippen LogP contribution in [0.2, 0.25) is 0 Å². The monoisotopic (exact) mass is 412 g/mol. The Balaban J connectivity index is 1.70. The molecule has 2 aromatic rings. The highest BCUT2D eigenvalue weighted by molar-refractivity contribution is 6.04. The molecule has 0 radical (unpaired) electrons. The summed E-state index contributed by atoms with van der Waals surface area (Å²) >= 11 is 0. The molecule has 1 fully saturated rings.